The average molecular weight is 187 g/mol. The lowest BCUT2D eigenvalue weighted by Gasteiger charge is -2.22. The number of anilines is 1. The van der Waals surface area contributed by atoms with E-state index in [0.29, 0.717) is 11.6 Å². The molecule has 0 N–H and O–H groups in total. The summed E-state index contributed by atoms with van der Waals surface area (Å²) in [5.74, 6) is 0.994. The van der Waals surface area contributed by atoms with Crippen molar-refractivity contribution in [1.82, 2.24) is 4.98 Å². The third kappa shape index (κ3) is 1.56. The molecule has 1 aromatic rings. The number of nitriles is 1. The molecule has 0 aromatic carbocycles. The SMILES string of the molecule is CC1CCCN1c1ccc(C#N)cn1. The van der Waals surface area contributed by atoms with Gasteiger partial charge in [0.1, 0.15) is 11.9 Å². The molecule has 2 rings (SSSR count). The Kier molecular flexibility index (Phi) is 2.36. The molecule has 1 unspecified atom stereocenters. The normalized spacial score (nSPS) is 20.9. The van der Waals surface area contributed by atoms with Crippen LogP contribution in [-0.4, -0.2) is 17.6 Å². The molecule has 0 bridgehead atoms. The van der Waals surface area contributed by atoms with Gasteiger partial charge in [0.15, 0.2) is 0 Å². The Morgan fingerprint density at radius 3 is 2.93 bits per heavy atom. The van der Waals surface area contributed by atoms with Crippen LogP contribution in [0.4, 0.5) is 5.82 Å². The van der Waals surface area contributed by atoms with Gasteiger partial charge in [0.05, 0.1) is 5.56 Å². The highest BCUT2D eigenvalue weighted by atomic mass is 15.2. The van der Waals surface area contributed by atoms with Crippen molar-refractivity contribution < 1.29 is 0 Å². The van der Waals surface area contributed by atoms with Gasteiger partial charge in [0.2, 0.25) is 0 Å². The van der Waals surface area contributed by atoms with Crippen molar-refractivity contribution in [2.24, 2.45) is 0 Å². The van der Waals surface area contributed by atoms with Crippen molar-refractivity contribution in [1.29, 1.82) is 5.26 Å². The quantitative estimate of drug-likeness (QED) is 0.674. The molecule has 0 saturated carbocycles. The molecule has 1 atom stereocenters. The zero-order valence-electron chi connectivity index (χ0n) is 8.27. The monoisotopic (exact) mass is 187 g/mol. The first-order chi connectivity index (χ1) is 6.81. The maximum atomic E-state index is 8.64. The second kappa shape index (κ2) is 3.67. The summed E-state index contributed by atoms with van der Waals surface area (Å²) in [7, 11) is 0. The van der Waals surface area contributed by atoms with Gasteiger partial charge in [-0.15, -0.1) is 0 Å². The molecule has 0 amide bonds. The number of rotatable bonds is 1. The maximum Gasteiger partial charge on any atom is 0.128 e. The molecule has 1 saturated heterocycles. The minimum absolute atomic E-state index is 0.579. The number of hydrogen-bond donors (Lipinski definition) is 0. The Morgan fingerprint density at radius 1 is 1.57 bits per heavy atom. The largest absolute Gasteiger partial charge is 0.354 e. The van der Waals surface area contributed by atoms with Crippen LogP contribution >= 0.6 is 0 Å². The molecular formula is C11H13N3. The summed E-state index contributed by atoms with van der Waals surface area (Å²) >= 11 is 0. The van der Waals surface area contributed by atoms with E-state index in [-0.39, 0.29) is 0 Å². The van der Waals surface area contributed by atoms with E-state index in [1.54, 1.807) is 6.20 Å². The van der Waals surface area contributed by atoms with Gasteiger partial charge in [-0.05, 0) is 31.9 Å². The predicted octanol–water partition coefficient (Wildman–Crippen LogP) is 1.94. The fourth-order valence-electron chi connectivity index (χ4n) is 1.90. The summed E-state index contributed by atoms with van der Waals surface area (Å²) in [4.78, 5) is 6.58. The van der Waals surface area contributed by atoms with Crippen LogP contribution in [0.5, 0.6) is 0 Å². The van der Waals surface area contributed by atoms with Gasteiger partial charge < -0.3 is 4.90 Å². The van der Waals surface area contributed by atoms with E-state index in [2.05, 4.69) is 22.9 Å². The van der Waals surface area contributed by atoms with Gasteiger partial charge in [-0.25, -0.2) is 4.98 Å². The standard InChI is InChI=1S/C11H13N3/c1-9-3-2-6-14(9)11-5-4-10(7-12)8-13-11/h4-5,8-9H,2-3,6H2,1H3. The topological polar surface area (TPSA) is 39.9 Å². The van der Waals surface area contributed by atoms with Crippen LogP contribution < -0.4 is 4.90 Å². The zero-order valence-corrected chi connectivity index (χ0v) is 8.27. The third-order valence-corrected chi connectivity index (χ3v) is 2.72. The summed E-state index contributed by atoms with van der Waals surface area (Å²) in [6, 6.07) is 6.41. The highest BCUT2D eigenvalue weighted by Crippen LogP contribution is 2.22. The molecule has 72 valence electrons. The first kappa shape index (κ1) is 9.01. The average Bonchev–Trinajstić information content (AvgIpc) is 2.65. The Balaban J connectivity index is 2.21. The molecule has 2 heterocycles. The van der Waals surface area contributed by atoms with Gasteiger partial charge in [-0.2, -0.15) is 5.26 Å². The number of nitrogens with zero attached hydrogens (tertiary/aromatic N) is 3. The lowest BCUT2D eigenvalue weighted by molar-refractivity contribution is 0.727. The molecule has 0 radical (unpaired) electrons. The van der Waals surface area contributed by atoms with E-state index in [1.165, 1.54) is 12.8 Å². The smallest absolute Gasteiger partial charge is 0.128 e. The number of aromatic nitrogens is 1. The van der Waals surface area contributed by atoms with Gasteiger partial charge in [-0.1, -0.05) is 0 Å². The first-order valence-corrected chi connectivity index (χ1v) is 4.94. The summed E-state index contributed by atoms with van der Waals surface area (Å²) in [6.45, 7) is 3.30. The van der Waals surface area contributed by atoms with Crippen molar-refractivity contribution in [3.05, 3.63) is 23.9 Å². The van der Waals surface area contributed by atoms with Crippen LogP contribution in [0.3, 0.4) is 0 Å². The molecule has 14 heavy (non-hydrogen) atoms. The predicted molar refractivity (Wildman–Crippen MR) is 55.0 cm³/mol. The van der Waals surface area contributed by atoms with Crippen LogP contribution in [-0.2, 0) is 0 Å². The Morgan fingerprint density at radius 2 is 2.43 bits per heavy atom. The molecule has 1 aromatic heterocycles. The lowest BCUT2D eigenvalue weighted by atomic mass is 10.2. The van der Waals surface area contributed by atoms with E-state index in [0.717, 1.165) is 12.4 Å². The summed E-state index contributed by atoms with van der Waals surface area (Å²) in [5.41, 5.74) is 0.626. The molecular weight excluding hydrogens is 174 g/mol. The third-order valence-electron chi connectivity index (χ3n) is 2.72. The van der Waals surface area contributed by atoms with Crippen LogP contribution in [0.25, 0.3) is 0 Å². The van der Waals surface area contributed by atoms with Crippen LogP contribution in [0.2, 0.25) is 0 Å². The number of pyridine rings is 1. The van der Waals surface area contributed by atoms with Crippen LogP contribution in [0.1, 0.15) is 25.3 Å². The van der Waals surface area contributed by atoms with E-state index in [9.17, 15) is 0 Å². The molecule has 1 aliphatic heterocycles. The van der Waals surface area contributed by atoms with E-state index < -0.39 is 0 Å². The van der Waals surface area contributed by atoms with Gasteiger partial charge in [-0.3, -0.25) is 0 Å². The molecule has 3 heteroatoms. The van der Waals surface area contributed by atoms with Crippen molar-refractivity contribution in [3.8, 4) is 6.07 Å². The summed E-state index contributed by atoms with van der Waals surface area (Å²) < 4.78 is 0. The lowest BCUT2D eigenvalue weighted by Crippen LogP contribution is -2.26. The second-order valence-corrected chi connectivity index (χ2v) is 3.70. The van der Waals surface area contributed by atoms with Crippen molar-refractivity contribution in [2.45, 2.75) is 25.8 Å². The molecule has 0 aliphatic carbocycles. The highest BCUT2D eigenvalue weighted by Gasteiger charge is 2.20. The molecule has 1 fully saturated rings. The fourth-order valence-corrected chi connectivity index (χ4v) is 1.90. The first-order valence-electron chi connectivity index (χ1n) is 4.94. The highest BCUT2D eigenvalue weighted by molar-refractivity contribution is 5.43. The molecule has 1 aliphatic rings. The van der Waals surface area contributed by atoms with Crippen LogP contribution in [0, 0.1) is 11.3 Å². The van der Waals surface area contributed by atoms with E-state index in [4.69, 9.17) is 5.26 Å². The maximum absolute atomic E-state index is 8.64. The fraction of sp³-hybridized carbons (Fsp3) is 0.455. The Hall–Kier alpha value is -1.56. The van der Waals surface area contributed by atoms with Gasteiger partial charge in [0.25, 0.3) is 0 Å². The van der Waals surface area contributed by atoms with E-state index >= 15 is 0 Å². The van der Waals surface area contributed by atoms with Crippen molar-refractivity contribution in [2.75, 3.05) is 11.4 Å². The summed E-state index contributed by atoms with van der Waals surface area (Å²) in [5, 5.41) is 8.64. The molecule has 3 nitrogen and oxygen atoms in total. The van der Waals surface area contributed by atoms with Crippen LogP contribution in [0.15, 0.2) is 18.3 Å². The minimum atomic E-state index is 0.579. The Labute approximate surface area is 84.0 Å². The number of hydrogen-bond acceptors (Lipinski definition) is 3. The Bertz CT molecular complexity index is 350. The summed E-state index contributed by atoms with van der Waals surface area (Å²) in [6.07, 6.45) is 4.12. The van der Waals surface area contributed by atoms with Gasteiger partial charge in [0, 0.05) is 18.8 Å². The van der Waals surface area contributed by atoms with E-state index in [1.807, 2.05) is 12.1 Å². The zero-order chi connectivity index (χ0) is 9.97. The second-order valence-electron chi connectivity index (χ2n) is 3.70. The van der Waals surface area contributed by atoms with Gasteiger partial charge >= 0.3 is 0 Å². The van der Waals surface area contributed by atoms with Crippen molar-refractivity contribution in [3.63, 3.8) is 0 Å². The van der Waals surface area contributed by atoms with Crippen molar-refractivity contribution >= 4 is 5.82 Å². The minimum Gasteiger partial charge on any atom is -0.354 e. The molecule has 0 spiro atoms.